The van der Waals surface area contributed by atoms with Crippen molar-refractivity contribution in [2.24, 2.45) is 0 Å². The molecular formula is C11H8F3N3O3. The fraction of sp³-hybridized carbons (Fsp3) is 0.182. The van der Waals surface area contributed by atoms with Crippen LogP contribution in [-0.2, 0) is 12.7 Å². The maximum absolute atomic E-state index is 12.5. The van der Waals surface area contributed by atoms with Crippen molar-refractivity contribution in [2.45, 2.75) is 12.7 Å². The third-order valence-electron chi connectivity index (χ3n) is 2.40. The number of anilines is 1. The molecule has 0 amide bonds. The molecule has 106 valence electrons. The number of aromatic nitrogens is 1. The van der Waals surface area contributed by atoms with Crippen molar-refractivity contribution in [3.05, 3.63) is 52.1 Å². The smallest absolute Gasteiger partial charge is 0.418 e. The fourth-order valence-corrected chi connectivity index (χ4v) is 1.47. The molecule has 2 aromatic rings. The Morgan fingerprint density at radius 2 is 2.20 bits per heavy atom. The maximum Gasteiger partial charge on any atom is 0.418 e. The van der Waals surface area contributed by atoms with Gasteiger partial charge in [0.1, 0.15) is 5.76 Å². The number of nitrogens with one attached hydrogen (secondary N) is 1. The Morgan fingerprint density at radius 3 is 2.75 bits per heavy atom. The average Bonchev–Trinajstić information content (AvgIpc) is 2.88. The third-order valence-corrected chi connectivity index (χ3v) is 2.40. The minimum absolute atomic E-state index is 0.0756. The van der Waals surface area contributed by atoms with Crippen molar-refractivity contribution in [3.63, 3.8) is 0 Å². The molecule has 0 bridgehead atoms. The van der Waals surface area contributed by atoms with E-state index in [4.69, 9.17) is 4.42 Å². The van der Waals surface area contributed by atoms with Crippen LogP contribution in [-0.4, -0.2) is 9.91 Å². The first-order valence-corrected chi connectivity index (χ1v) is 5.36. The number of nitro groups is 1. The number of halogens is 3. The molecule has 0 aliphatic rings. The summed E-state index contributed by atoms with van der Waals surface area (Å²) in [6.07, 6.45) is -2.74. The number of alkyl halides is 3. The van der Waals surface area contributed by atoms with E-state index in [-0.39, 0.29) is 12.4 Å². The molecule has 2 rings (SSSR count). The lowest BCUT2D eigenvalue weighted by molar-refractivity contribution is -0.384. The molecule has 0 saturated carbocycles. The van der Waals surface area contributed by atoms with Gasteiger partial charge in [0.05, 0.1) is 23.3 Å². The standard InChI is InChI=1S/C11H8F3N3O3/c12-11(13,14)7-4-9(17(18)19)10(15-5-7)16-6-8-2-1-3-20-8/h1-5H,6H2,(H,15,16). The van der Waals surface area contributed by atoms with E-state index in [2.05, 4.69) is 10.3 Å². The van der Waals surface area contributed by atoms with E-state index in [1.807, 2.05) is 0 Å². The Hall–Kier alpha value is -2.58. The first-order chi connectivity index (χ1) is 9.38. The van der Waals surface area contributed by atoms with Crippen LogP contribution in [0, 0.1) is 10.1 Å². The van der Waals surface area contributed by atoms with Gasteiger partial charge in [0.15, 0.2) is 0 Å². The SMILES string of the molecule is O=[N+]([O-])c1cc(C(F)(F)F)cnc1NCc1ccco1. The Kier molecular flexibility index (Phi) is 3.59. The van der Waals surface area contributed by atoms with Gasteiger partial charge in [0.25, 0.3) is 0 Å². The highest BCUT2D eigenvalue weighted by molar-refractivity contribution is 5.57. The van der Waals surface area contributed by atoms with Gasteiger partial charge in [-0.25, -0.2) is 4.98 Å². The van der Waals surface area contributed by atoms with Crippen LogP contribution in [0.25, 0.3) is 0 Å². The maximum atomic E-state index is 12.5. The summed E-state index contributed by atoms with van der Waals surface area (Å²) in [5, 5.41) is 13.4. The molecule has 0 aliphatic heterocycles. The molecule has 2 heterocycles. The minimum atomic E-state index is -4.68. The van der Waals surface area contributed by atoms with E-state index in [1.165, 1.54) is 6.26 Å². The summed E-state index contributed by atoms with van der Waals surface area (Å²) < 4.78 is 42.4. The number of nitrogens with zero attached hydrogens (tertiary/aromatic N) is 2. The van der Waals surface area contributed by atoms with E-state index in [1.54, 1.807) is 12.1 Å². The summed E-state index contributed by atoms with van der Waals surface area (Å²) in [5.41, 5.74) is -1.92. The largest absolute Gasteiger partial charge is 0.467 e. The minimum Gasteiger partial charge on any atom is -0.467 e. The Bertz CT molecular complexity index is 611. The first-order valence-electron chi connectivity index (χ1n) is 5.36. The van der Waals surface area contributed by atoms with Gasteiger partial charge in [-0.2, -0.15) is 13.2 Å². The van der Waals surface area contributed by atoms with Gasteiger partial charge in [-0.05, 0) is 12.1 Å². The number of rotatable bonds is 4. The zero-order chi connectivity index (χ0) is 14.8. The molecular weight excluding hydrogens is 279 g/mol. The van der Waals surface area contributed by atoms with E-state index >= 15 is 0 Å². The van der Waals surface area contributed by atoms with E-state index in [0.717, 1.165) is 0 Å². The molecule has 2 aromatic heterocycles. The second-order valence-electron chi connectivity index (χ2n) is 3.78. The summed E-state index contributed by atoms with van der Waals surface area (Å²) in [6, 6.07) is 3.67. The number of hydrogen-bond acceptors (Lipinski definition) is 5. The number of pyridine rings is 1. The summed E-state index contributed by atoms with van der Waals surface area (Å²) in [4.78, 5) is 13.3. The molecule has 20 heavy (non-hydrogen) atoms. The summed E-state index contributed by atoms with van der Waals surface area (Å²) >= 11 is 0. The summed E-state index contributed by atoms with van der Waals surface area (Å²) in [5.74, 6) is 0.223. The second kappa shape index (κ2) is 5.19. The Labute approximate surface area is 110 Å². The molecule has 0 aromatic carbocycles. The van der Waals surface area contributed by atoms with Crippen LogP contribution >= 0.6 is 0 Å². The predicted molar refractivity (Wildman–Crippen MR) is 61.9 cm³/mol. The van der Waals surface area contributed by atoms with Crippen LogP contribution in [0.15, 0.2) is 35.1 Å². The predicted octanol–water partition coefficient (Wildman–Crippen LogP) is 3.21. The Morgan fingerprint density at radius 1 is 1.45 bits per heavy atom. The van der Waals surface area contributed by atoms with Crippen molar-refractivity contribution < 1.29 is 22.5 Å². The monoisotopic (exact) mass is 287 g/mol. The van der Waals surface area contributed by atoms with Crippen LogP contribution < -0.4 is 5.32 Å². The van der Waals surface area contributed by atoms with Crippen LogP contribution in [0.2, 0.25) is 0 Å². The highest BCUT2D eigenvalue weighted by atomic mass is 19.4. The Balaban J connectivity index is 2.26. The van der Waals surface area contributed by atoms with Crippen molar-refractivity contribution >= 4 is 11.5 Å². The number of hydrogen-bond donors (Lipinski definition) is 1. The van der Waals surface area contributed by atoms with Gasteiger partial charge in [-0.15, -0.1) is 0 Å². The lowest BCUT2D eigenvalue weighted by Crippen LogP contribution is -2.09. The lowest BCUT2D eigenvalue weighted by Gasteiger charge is -2.08. The van der Waals surface area contributed by atoms with Crippen molar-refractivity contribution in [1.82, 2.24) is 4.98 Å². The molecule has 1 N–H and O–H groups in total. The van der Waals surface area contributed by atoms with E-state index in [9.17, 15) is 23.3 Å². The molecule has 0 unspecified atom stereocenters. The summed E-state index contributed by atoms with van der Waals surface area (Å²) in [6.45, 7) is 0.0756. The molecule has 0 atom stereocenters. The molecule has 6 nitrogen and oxygen atoms in total. The van der Waals surface area contributed by atoms with Crippen molar-refractivity contribution in [2.75, 3.05) is 5.32 Å². The molecule has 0 aliphatic carbocycles. The third kappa shape index (κ3) is 3.05. The first kappa shape index (κ1) is 13.8. The normalized spacial score (nSPS) is 11.3. The van der Waals surface area contributed by atoms with Gasteiger partial charge in [-0.3, -0.25) is 10.1 Å². The van der Waals surface area contributed by atoms with Gasteiger partial charge in [0, 0.05) is 12.3 Å². The molecule has 0 saturated heterocycles. The van der Waals surface area contributed by atoms with Crippen LogP contribution in [0.4, 0.5) is 24.7 Å². The zero-order valence-corrected chi connectivity index (χ0v) is 9.85. The molecule has 0 fully saturated rings. The topological polar surface area (TPSA) is 81.2 Å². The quantitative estimate of drug-likeness (QED) is 0.689. The zero-order valence-electron chi connectivity index (χ0n) is 9.85. The highest BCUT2D eigenvalue weighted by Crippen LogP contribution is 2.33. The van der Waals surface area contributed by atoms with Gasteiger partial charge >= 0.3 is 11.9 Å². The summed E-state index contributed by atoms with van der Waals surface area (Å²) in [7, 11) is 0. The molecule has 0 radical (unpaired) electrons. The van der Waals surface area contributed by atoms with Crippen LogP contribution in [0.1, 0.15) is 11.3 Å². The van der Waals surface area contributed by atoms with E-state index in [0.29, 0.717) is 18.0 Å². The van der Waals surface area contributed by atoms with Gasteiger partial charge in [-0.1, -0.05) is 0 Å². The average molecular weight is 287 g/mol. The van der Waals surface area contributed by atoms with Crippen molar-refractivity contribution in [1.29, 1.82) is 0 Å². The highest BCUT2D eigenvalue weighted by Gasteiger charge is 2.33. The van der Waals surface area contributed by atoms with Crippen molar-refractivity contribution in [3.8, 4) is 0 Å². The fourth-order valence-electron chi connectivity index (χ4n) is 1.47. The second-order valence-corrected chi connectivity index (χ2v) is 3.78. The lowest BCUT2D eigenvalue weighted by atomic mass is 10.2. The number of furan rings is 1. The van der Waals surface area contributed by atoms with Crippen LogP contribution in [0.5, 0.6) is 0 Å². The van der Waals surface area contributed by atoms with Gasteiger partial charge < -0.3 is 9.73 Å². The van der Waals surface area contributed by atoms with E-state index < -0.39 is 22.4 Å². The van der Waals surface area contributed by atoms with Crippen LogP contribution in [0.3, 0.4) is 0 Å². The molecule has 0 spiro atoms. The molecule has 9 heteroatoms. The van der Waals surface area contributed by atoms with Gasteiger partial charge in [0.2, 0.25) is 5.82 Å².